The van der Waals surface area contributed by atoms with Crippen LogP contribution in [0.3, 0.4) is 0 Å². The Balaban J connectivity index is 1.50. The molecule has 2 unspecified atom stereocenters. The number of amides is 1. The van der Waals surface area contributed by atoms with Crippen LogP contribution < -0.4 is 15.4 Å². The molecule has 1 aliphatic heterocycles. The third-order valence-electron chi connectivity index (χ3n) is 5.56. The highest BCUT2D eigenvalue weighted by Gasteiger charge is 2.32. The summed E-state index contributed by atoms with van der Waals surface area (Å²) in [6.45, 7) is 6.56. The van der Waals surface area contributed by atoms with Crippen LogP contribution in [0.4, 0.5) is 4.39 Å². The van der Waals surface area contributed by atoms with Gasteiger partial charge in [0.15, 0.2) is 17.5 Å². The first-order valence-electron chi connectivity index (χ1n) is 10.8. The van der Waals surface area contributed by atoms with Gasteiger partial charge in [-0.05, 0) is 45.2 Å². The summed E-state index contributed by atoms with van der Waals surface area (Å²) in [4.78, 5) is 19.2. The molecule has 0 aromatic heterocycles. The maximum absolute atomic E-state index is 13.7. The Hall–Kier alpha value is -2.31. The number of rotatable bonds is 7. The third kappa shape index (κ3) is 6.08. The number of likely N-dealkylation sites (tertiary alicyclic amines) is 1. The first-order chi connectivity index (χ1) is 14.1. The largest absolute Gasteiger partial charge is 0.486 e. The van der Waals surface area contributed by atoms with Gasteiger partial charge in [0.2, 0.25) is 5.91 Å². The number of aliphatic imine (C=N–C) groups is 1. The highest BCUT2D eigenvalue weighted by atomic mass is 19.1. The molecule has 2 aliphatic rings. The Labute approximate surface area is 172 Å². The minimum Gasteiger partial charge on any atom is -0.486 e. The average Bonchev–Trinajstić information content (AvgIpc) is 3.40. The van der Waals surface area contributed by atoms with Crippen LogP contribution in [0.1, 0.15) is 46.0 Å². The van der Waals surface area contributed by atoms with Crippen LogP contribution in [-0.4, -0.2) is 55.1 Å². The first kappa shape index (κ1) is 21.4. The third-order valence-corrected chi connectivity index (χ3v) is 5.56. The summed E-state index contributed by atoms with van der Waals surface area (Å²) in [7, 11) is 0. The lowest BCUT2D eigenvalue weighted by molar-refractivity contribution is -0.134. The minimum absolute atomic E-state index is 0.195. The Kier molecular flexibility index (Phi) is 7.72. The summed E-state index contributed by atoms with van der Waals surface area (Å²) in [5, 5.41) is 6.68. The van der Waals surface area contributed by atoms with Crippen molar-refractivity contribution in [1.29, 1.82) is 0 Å². The lowest BCUT2D eigenvalue weighted by atomic mass is 10.1. The molecule has 0 spiro atoms. The fourth-order valence-electron chi connectivity index (χ4n) is 4.04. The van der Waals surface area contributed by atoms with Crippen molar-refractivity contribution in [3.8, 4) is 5.75 Å². The number of ether oxygens (including phenoxy) is 1. The van der Waals surface area contributed by atoms with Gasteiger partial charge in [0.25, 0.3) is 0 Å². The quantitative estimate of drug-likeness (QED) is 0.542. The van der Waals surface area contributed by atoms with Gasteiger partial charge in [-0.25, -0.2) is 9.38 Å². The molecule has 1 saturated carbocycles. The van der Waals surface area contributed by atoms with Crippen LogP contribution in [0, 0.1) is 11.7 Å². The van der Waals surface area contributed by atoms with E-state index in [2.05, 4.69) is 15.6 Å². The van der Waals surface area contributed by atoms with Crippen LogP contribution in [0.5, 0.6) is 5.75 Å². The highest BCUT2D eigenvalue weighted by Crippen LogP contribution is 2.27. The zero-order chi connectivity index (χ0) is 20.6. The van der Waals surface area contributed by atoms with Crippen molar-refractivity contribution in [3.63, 3.8) is 0 Å². The van der Waals surface area contributed by atoms with Gasteiger partial charge in [0, 0.05) is 31.6 Å². The topological polar surface area (TPSA) is 66.0 Å². The monoisotopic (exact) mass is 404 g/mol. The Morgan fingerprint density at radius 2 is 2.07 bits per heavy atom. The molecule has 1 aromatic carbocycles. The summed E-state index contributed by atoms with van der Waals surface area (Å²) < 4.78 is 19.4. The molecule has 160 valence electrons. The molecule has 1 aromatic rings. The molecule has 0 bridgehead atoms. The summed E-state index contributed by atoms with van der Waals surface area (Å²) >= 11 is 0. The molecule has 1 saturated heterocycles. The van der Waals surface area contributed by atoms with Crippen LogP contribution in [0.25, 0.3) is 0 Å². The van der Waals surface area contributed by atoms with Gasteiger partial charge in [-0.15, -0.1) is 0 Å². The number of para-hydroxylation sites is 1. The van der Waals surface area contributed by atoms with E-state index in [4.69, 9.17) is 4.74 Å². The van der Waals surface area contributed by atoms with Crippen molar-refractivity contribution in [2.45, 2.75) is 58.1 Å². The number of nitrogens with zero attached hydrogens (tertiary/aromatic N) is 2. The molecule has 2 fully saturated rings. The SMILES string of the molecule is CCNC(=NCC(C)Oc1ccccc1F)NC1CCN(C(=O)C2CCCC2)C1. The van der Waals surface area contributed by atoms with E-state index in [1.165, 1.54) is 18.9 Å². The number of halogens is 1. The summed E-state index contributed by atoms with van der Waals surface area (Å²) in [6.07, 6.45) is 5.09. The lowest BCUT2D eigenvalue weighted by Crippen LogP contribution is -2.45. The fourth-order valence-corrected chi connectivity index (χ4v) is 4.04. The number of carbonyl (C=O) groups excluding carboxylic acids is 1. The van der Waals surface area contributed by atoms with Gasteiger partial charge >= 0.3 is 0 Å². The Morgan fingerprint density at radius 1 is 1.31 bits per heavy atom. The molecule has 1 heterocycles. The van der Waals surface area contributed by atoms with E-state index in [1.807, 2.05) is 18.7 Å². The van der Waals surface area contributed by atoms with E-state index in [-0.39, 0.29) is 29.6 Å². The van der Waals surface area contributed by atoms with Crippen LogP contribution in [0.15, 0.2) is 29.3 Å². The van der Waals surface area contributed by atoms with E-state index in [1.54, 1.807) is 18.2 Å². The van der Waals surface area contributed by atoms with Crippen molar-refractivity contribution in [3.05, 3.63) is 30.1 Å². The molecular weight excluding hydrogens is 371 g/mol. The van der Waals surface area contributed by atoms with E-state index in [9.17, 15) is 9.18 Å². The highest BCUT2D eigenvalue weighted by molar-refractivity contribution is 5.81. The van der Waals surface area contributed by atoms with Gasteiger partial charge in [0.1, 0.15) is 6.10 Å². The smallest absolute Gasteiger partial charge is 0.225 e. The molecule has 29 heavy (non-hydrogen) atoms. The van der Waals surface area contributed by atoms with Crippen molar-refractivity contribution in [2.24, 2.45) is 10.9 Å². The molecule has 7 heteroatoms. The van der Waals surface area contributed by atoms with Gasteiger partial charge in [-0.3, -0.25) is 4.79 Å². The maximum Gasteiger partial charge on any atom is 0.225 e. The zero-order valence-corrected chi connectivity index (χ0v) is 17.5. The van der Waals surface area contributed by atoms with Crippen molar-refractivity contribution >= 4 is 11.9 Å². The standard InChI is InChI=1S/C22H33FN4O2/c1-3-24-22(25-14-16(2)29-20-11-7-6-10-19(20)23)26-18-12-13-27(15-18)21(28)17-8-4-5-9-17/h6-7,10-11,16-18H,3-5,8-9,12-15H2,1-2H3,(H2,24,25,26). The Bertz CT molecular complexity index is 706. The second-order valence-electron chi connectivity index (χ2n) is 7.97. The predicted molar refractivity (Wildman–Crippen MR) is 113 cm³/mol. The first-order valence-corrected chi connectivity index (χ1v) is 10.8. The fraction of sp³-hybridized carbons (Fsp3) is 0.636. The van der Waals surface area contributed by atoms with Crippen molar-refractivity contribution in [1.82, 2.24) is 15.5 Å². The second-order valence-corrected chi connectivity index (χ2v) is 7.97. The van der Waals surface area contributed by atoms with E-state index in [0.717, 1.165) is 38.9 Å². The summed E-state index contributed by atoms with van der Waals surface area (Å²) in [6, 6.07) is 6.59. The van der Waals surface area contributed by atoms with Crippen molar-refractivity contribution in [2.75, 3.05) is 26.2 Å². The number of guanidine groups is 1. The second kappa shape index (κ2) is 10.5. The maximum atomic E-state index is 13.7. The van der Waals surface area contributed by atoms with E-state index in [0.29, 0.717) is 18.4 Å². The zero-order valence-electron chi connectivity index (χ0n) is 17.5. The number of benzene rings is 1. The van der Waals surface area contributed by atoms with E-state index >= 15 is 0 Å². The normalized spacial score (nSPS) is 21.3. The average molecular weight is 405 g/mol. The molecule has 1 aliphatic carbocycles. The van der Waals surface area contributed by atoms with Crippen LogP contribution in [0.2, 0.25) is 0 Å². The molecule has 6 nitrogen and oxygen atoms in total. The molecule has 3 rings (SSSR count). The molecular formula is C22H33FN4O2. The summed E-state index contributed by atoms with van der Waals surface area (Å²) in [5.41, 5.74) is 0. The van der Waals surface area contributed by atoms with Crippen molar-refractivity contribution < 1.29 is 13.9 Å². The van der Waals surface area contributed by atoms with Gasteiger partial charge in [0.05, 0.1) is 6.54 Å². The molecule has 1 amide bonds. The molecule has 2 N–H and O–H groups in total. The number of hydrogen-bond donors (Lipinski definition) is 2. The number of hydrogen-bond acceptors (Lipinski definition) is 3. The predicted octanol–water partition coefficient (Wildman–Crippen LogP) is 2.94. The van der Waals surface area contributed by atoms with Gasteiger partial charge < -0.3 is 20.3 Å². The van der Waals surface area contributed by atoms with Gasteiger partial charge in [-0.1, -0.05) is 25.0 Å². The van der Waals surface area contributed by atoms with Gasteiger partial charge in [-0.2, -0.15) is 0 Å². The Morgan fingerprint density at radius 3 is 2.79 bits per heavy atom. The lowest BCUT2D eigenvalue weighted by Gasteiger charge is -2.22. The molecule has 2 atom stereocenters. The van der Waals surface area contributed by atoms with Crippen LogP contribution in [-0.2, 0) is 4.79 Å². The van der Waals surface area contributed by atoms with Crippen LogP contribution >= 0.6 is 0 Å². The molecule has 0 radical (unpaired) electrons. The van der Waals surface area contributed by atoms with E-state index < -0.39 is 0 Å². The number of nitrogens with one attached hydrogen (secondary N) is 2. The summed E-state index contributed by atoms with van der Waals surface area (Å²) in [5.74, 6) is 1.13. The number of carbonyl (C=O) groups is 1. The minimum atomic E-state index is -0.369.